The number of piperazine rings is 1. The van der Waals surface area contributed by atoms with E-state index < -0.39 is 11.9 Å². The number of carbonyl (C=O) groups is 3. The number of hydrogen-bond acceptors (Lipinski definition) is 4. The predicted molar refractivity (Wildman–Crippen MR) is 135 cm³/mol. The Hall–Kier alpha value is -3.72. The second-order valence-corrected chi connectivity index (χ2v) is 9.82. The lowest BCUT2D eigenvalue weighted by molar-refractivity contribution is -0.933. The average Bonchev–Trinajstić information content (AvgIpc) is 3.36. The molecule has 2 aliphatic rings. The van der Waals surface area contributed by atoms with Crippen LogP contribution in [0.3, 0.4) is 0 Å². The molecule has 9 heteroatoms. The van der Waals surface area contributed by atoms with E-state index in [4.69, 9.17) is 5.73 Å². The summed E-state index contributed by atoms with van der Waals surface area (Å²) in [7, 11) is 0. The zero-order chi connectivity index (χ0) is 25.1. The first-order chi connectivity index (χ1) is 17.5. The number of amides is 3. The molecule has 3 aromatic rings. The third-order valence-electron chi connectivity index (χ3n) is 7.70. The molecule has 0 bridgehead atoms. The van der Waals surface area contributed by atoms with Crippen LogP contribution in [-0.2, 0) is 9.59 Å². The van der Waals surface area contributed by atoms with Crippen molar-refractivity contribution in [1.82, 2.24) is 20.4 Å². The highest BCUT2D eigenvalue weighted by Gasteiger charge is 2.41. The zero-order valence-electron chi connectivity index (χ0n) is 20.3. The van der Waals surface area contributed by atoms with E-state index in [-0.39, 0.29) is 23.8 Å². The van der Waals surface area contributed by atoms with Gasteiger partial charge in [-0.25, -0.2) is 0 Å². The van der Waals surface area contributed by atoms with Gasteiger partial charge in [0.25, 0.3) is 5.91 Å². The molecule has 5 rings (SSSR count). The van der Waals surface area contributed by atoms with Crippen LogP contribution in [-0.4, -0.2) is 65.0 Å². The molecule has 0 radical (unpaired) electrons. The van der Waals surface area contributed by atoms with Gasteiger partial charge in [0, 0.05) is 11.8 Å². The van der Waals surface area contributed by atoms with Crippen LogP contribution in [0, 0.1) is 5.92 Å². The lowest BCUT2D eigenvalue weighted by atomic mass is 9.82. The average molecular weight is 490 g/mol. The number of quaternary nitrogens is 1. The minimum atomic E-state index is -0.839. The smallest absolute Gasteiger partial charge is 0.275 e. The summed E-state index contributed by atoms with van der Waals surface area (Å²) in [6.45, 7) is 2.79. The topological polar surface area (TPSA) is 126 Å². The van der Waals surface area contributed by atoms with Gasteiger partial charge in [-0.15, -0.1) is 0 Å². The molecule has 1 saturated heterocycles. The Morgan fingerprint density at radius 1 is 1.00 bits per heavy atom. The molecule has 1 aromatic heterocycles. The van der Waals surface area contributed by atoms with E-state index in [2.05, 4.69) is 15.5 Å². The number of benzene rings is 2. The Labute approximate surface area is 210 Å². The van der Waals surface area contributed by atoms with Crippen molar-refractivity contribution < 1.29 is 19.3 Å². The van der Waals surface area contributed by atoms with Crippen molar-refractivity contribution >= 4 is 28.6 Å². The summed E-state index contributed by atoms with van der Waals surface area (Å²) in [5.74, 6) is -0.915. The van der Waals surface area contributed by atoms with Gasteiger partial charge in [0.1, 0.15) is 6.04 Å². The number of hydrogen-bond donors (Lipinski definition) is 4. The predicted octanol–water partition coefficient (Wildman–Crippen LogP) is 0.805. The summed E-state index contributed by atoms with van der Waals surface area (Å²) in [5, 5.41) is 11.0. The summed E-state index contributed by atoms with van der Waals surface area (Å²) in [6.07, 6.45) is 3.82. The van der Waals surface area contributed by atoms with Crippen molar-refractivity contribution in [1.29, 1.82) is 0 Å². The Bertz CT molecular complexity index is 1230. The molecular formula is C27H33N6O3+. The molecule has 1 saturated carbocycles. The first kappa shape index (κ1) is 24.0. The number of nitrogens with one attached hydrogen (secondary N) is 3. The van der Waals surface area contributed by atoms with Crippen LogP contribution in [0.1, 0.15) is 47.8 Å². The molecule has 2 aromatic carbocycles. The fourth-order valence-electron chi connectivity index (χ4n) is 5.79. The van der Waals surface area contributed by atoms with Gasteiger partial charge in [0.2, 0.25) is 11.8 Å². The van der Waals surface area contributed by atoms with Gasteiger partial charge >= 0.3 is 0 Å². The molecule has 0 unspecified atom stereocenters. The monoisotopic (exact) mass is 489 g/mol. The van der Waals surface area contributed by atoms with E-state index in [9.17, 15) is 14.4 Å². The number of aromatic amines is 1. The van der Waals surface area contributed by atoms with Crippen molar-refractivity contribution in [2.24, 2.45) is 11.7 Å². The van der Waals surface area contributed by atoms with Crippen molar-refractivity contribution in [2.45, 2.75) is 37.8 Å². The summed E-state index contributed by atoms with van der Waals surface area (Å²) < 4.78 is 0. The Morgan fingerprint density at radius 2 is 1.69 bits per heavy atom. The molecule has 5 N–H and O–H groups in total. The molecule has 36 heavy (non-hydrogen) atoms. The second kappa shape index (κ2) is 10.5. The maximum Gasteiger partial charge on any atom is 0.275 e. The Balaban J connectivity index is 1.24. The SMILES string of the molecule is NC(=O)[C@@H](NC(=O)[C@H]1CCCC[C@@H]1[NH+]1CCN(C(=O)c2n[nH]c3ccccc23)CC1)c1ccccc1. The number of fused-ring (bicyclic) bond motifs is 1. The molecule has 1 aliphatic carbocycles. The fraction of sp³-hybridized carbons (Fsp3) is 0.407. The fourth-order valence-corrected chi connectivity index (χ4v) is 5.79. The molecule has 2 fully saturated rings. The van der Waals surface area contributed by atoms with Crippen LogP contribution in [0.4, 0.5) is 0 Å². The van der Waals surface area contributed by atoms with Crippen LogP contribution in [0.15, 0.2) is 54.6 Å². The number of rotatable bonds is 6. The van der Waals surface area contributed by atoms with Crippen molar-refractivity contribution in [3.63, 3.8) is 0 Å². The van der Waals surface area contributed by atoms with Crippen molar-refractivity contribution in [3.8, 4) is 0 Å². The summed E-state index contributed by atoms with van der Waals surface area (Å²) in [4.78, 5) is 41.9. The third kappa shape index (κ3) is 4.83. The van der Waals surface area contributed by atoms with E-state index >= 15 is 0 Å². The van der Waals surface area contributed by atoms with Gasteiger partial charge in [-0.3, -0.25) is 19.5 Å². The number of nitrogens with two attached hydrogens (primary N) is 1. The lowest BCUT2D eigenvalue weighted by Gasteiger charge is -2.41. The summed E-state index contributed by atoms with van der Waals surface area (Å²) in [5.41, 5.74) is 7.64. The van der Waals surface area contributed by atoms with E-state index in [1.807, 2.05) is 47.4 Å². The minimum absolute atomic E-state index is 0.0587. The van der Waals surface area contributed by atoms with Crippen LogP contribution in [0.25, 0.3) is 10.9 Å². The highest BCUT2D eigenvalue weighted by molar-refractivity contribution is 6.04. The van der Waals surface area contributed by atoms with Gasteiger partial charge in [-0.05, 0) is 24.5 Å². The molecule has 2 heterocycles. The van der Waals surface area contributed by atoms with Crippen LogP contribution in [0.5, 0.6) is 0 Å². The first-order valence-electron chi connectivity index (χ1n) is 12.7. The van der Waals surface area contributed by atoms with E-state index in [0.717, 1.165) is 49.7 Å². The number of carbonyl (C=O) groups excluding carboxylic acids is 3. The molecule has 0 spiro atoms. The summed E-state index contributed by atoms with van der Waals surface area (Å²) in [6, 6.07) is 16.1. The van der Waals surface area contributed by atoms with E-state index in [1.54, 1.807) is 12.1 Å². The van der Waals surface area contributed by atoms with Gasteiger partial charge in [-0.1, -0.05) is 55.0 Å². The Kier molecular flexibility index (Phi) is 6.99. The number of nitrogens with zero attached hydrogens (tertiary/aromatic N) is 2. The highest BCUT2D eigenvalue weighted by atomic mass is 16.2. The molecule has 1 aliphatic heterocycles. The second-order valence-electron chi connectivity index (χ2n) is 9.82. The molecular weight excluding hydrogens is 456 g/mol. The lowest BCUT2D eigenvalue weighted by Crippen LogP contribution is -3.19. The van der Waals surface area contributed by atoms with Crippen LogP contribution in [0.2, 0.25) is 0 Å². The van der Waals surface area contributed by atoms with Gasteiger partial charge < -0.3 is 20.9 Å². The first-order valence-corrected chi connectivity index (χ1v) is 12.7. The molecule has 9 nitrogen and oxygen atoms in total. The third-order valence-corrected chi connectivity index (χ3v) is 7.70. The highest BCUT2D eigenvalue weighted by Crippen LogP contribution is 2.25. The Morgan fingerprint density at radius 3 is 2.44 bits per heavy atom. The van der Waals surface area contributed by atoms with Crippen molar-refractivity contribution in [3.05, 3.63) is 65.9 Å². The van der Waals surface area contributed by atoms with Crippen LogP contribution >= 0.6 is 0 Å². The van der Waals surface area contributed by atoms with Gasteiger partial charge in [0.05, 0.1) is 43.7 Å². The van der Waals surface area contributed by atoms with E-state index in [1.165, 1.54) is 4.90 Å². The summed E-state index contributed by atoms with van der Waals surface area (Å²) >= 11 is 0. The number of para-hydroxylation sites is 1. The number of H-pyrrole nitrogens is 1. The molecule has 3 amide bonds. The maximum absolute atomic E-state index is 13.4. The maximum atomic E-state index is 13.4. The minimum Gasteiger partial charge on any atom is -0.368 e. The molecule has 188 valence electrons. The van der Waals surface area contributed by atoms with E-state index in [0.29, 0.717) is 24.3 Å². The molecule has 3 atom stereocenters. The normalized spacial score (nSPS) is 21.7. The number of aromatic nitrogens is 2. The quantitative estimate of drug-likeness (QED) is 0.409. The zero-order valence-corrected chi connectivity index (χ0v) is 20.3. The standard InChI is InChI=1S/C27H32N6O3/c28-25(34)23(18-8-2-1-3-9-18)29-26(35)20-11-5-7-13-22(20)32-14-16-33(17-15-32)27(36)24-19-10-4-6-12-21(19)30-31-24/h1-4,6,8-10,12,20,22-23H,5,7,11,13-17H2,(H2,28,34)(H,29,35)(H,30,31)/p+1/t20-,22-,23-/m0/s1. The van der Waals surface area contributed by atoms with Crippen LogP contribution < -0.4 is 16.0 Å². The van der Waals surface area contributed by atoms with Gasteiger partial charge in [0.15, 0.2) is 5.69 Å². The number of primary amides is 1. The largest absolute Gasteiger partial charge is 0.368 e. The van der Waals surface area contributed by atoms with Gasteiger partial charge in [-0.2, -0.15) is 5.10 Å². The van der Waals surface area contributed by atoms with Crippen molar-refractivity contribution in [2.75, 3.05) is 26.2 Å².